The maximum atomic E-state index is 13.5. The first-order chi connectivity index (χ1) is 9.38. The Bertz CT molecular complexity index is 697. The average Bonchev–Trinajstić information content (AvgIpc) is 2.36. The minimum Gasteiger partial charge on any atom is -0.453 e. The third-order valence-corrected chi connectivity index (χ3v) is 3.80. The van der Waals surface area contributed by atoms with E-state index in [9.17, 15) is 18.9 Å². The number of rotatable bonds is 3. The Morgan fingerprint density at radius 3 is 2.50 bits per heavy atom. The predicted octanol–water partition coefficient (Wildman–Crippen LogP) is 5.03. The zero-order valence-electron chi connectivity index (χ0n) is 9.57. The highest BCUT2D eigenvalue weighted by Crippen LogP contribution is 2.36. The predicted molar refractivity (Wildman–Crippen MR) is 79.9 cm³/mol. The van der Waals surface area contributed by atoms with Crippen molar-refractivity contribution < 1.29 is 18.4 Å². The van der Waals surface area contributed by atoms with Crippen LogP contribution in [-0.4, -0.2) is 4.92 Å². The van der Waals surface area contributed by atoms with E-state index in [0.29, 0.717) is 14.1 Å². The van der Waals surface area contributed by atoms with Crippen molar-refractivity contribution in [2.24, 2.45) is 0 Å². The van der Waals surface area contributed by atoms with Gasteiger partial charge in [-0.1, -0.05) is 0 Å². The molecule has 0 radical (unpaired) electrons. The average molecular weight is 456 g/mol. The highest BCUT2D eigenvalue weighted by atomic mass is 127. The molecule has 0 fully saturated rings. The zero-order chi connectivity index (χ0) is 14.9. The number of ether oxygens (including phenoxy) is 1. The lowest BCUT2D eigenvalue weighted by molar-refractivity contribution is -0.385. The van der Waals surface area contributed by atoms with Gasteiger partial charge in [0.2, 0.25) is 0 Å². The van der Waals surface area contributed by atoms with Crippen LogP contribution in [0.3, 0.4) is 0 Å². The van der Waals surface area contributed by atoms with Crippen molar-refractivity contribution >= 4 is 44.2 Å². The number of nitro groups is 1. The summed E-state index contributed by atoms with van der Waals surface area (Å²) in [4.78, 5) is 10.2. The summed E-state index contributed by atoms with van der Waals surface area (Å²) in [5.41, 5.74) is -0.0931. The molecular weight excluding hydrogens is 451 g/mol. The van der Waals surface area contributed by atoms with Crippen LogP contribution in [0.1, 0.15) is 0 Å². The minimum atomic E-state index is -0.856. The second-order valence-corrected chi connectivity index (χ2v) is 5.68. The molecular formula is C12H5BrF2INO3. The molecule has 0 heterocycles. The van der Waals surface area contributed by atoms with E-state index in [0.717, 1.165) is 12.1 Å². The molecule has 0 aromatic heterocycles. The van der Waals surface area contributed by atoms with Crippen LogP contribution in [0.15, 0.2) is 34.8 Å². The molecule has 20 heavy (non-hydrogen) atoms. The Balaban J connectivity index is 2.39. The molecule has 2 aromatic carbocycles. The first-order valence-electron chi connectivity index (χ1n) is 5.15. The Kier molecular flexibility index (Phi) is 4.53. The molecule has 2 rings (SSSR count). The smallest absolute Gasteiger partial charge is 0.284 e. The van der Waals surface area contributed by atoms with Crippen LogP contribution in [-0.2, 0) is 0 Å². The van der Waals surface area contributed by atoms with E-state index in [1.807, 2.05) is 0 Å². The second-order valence-electron chi connectivity index (χ2n) is 3.67. The number of hydrogen-bond acceptors (Lipinski definition) is 3. The molecule has 4 nitrogen and oxygen atoms in total. The maximum absolute atomic E-state index is 13.5. The van der Waals surface area contributed by atoms with E-state index in [-0.39, 0.29) is 17.2 Å². The van der Waals surface area contributed by atoms with Crippen LogP contribution >= 0.6 is 38.5 Å². The zero-order valence-corrected chi connectivity index (χ0v) is 13.3. The molecule has 0 spiro atoms. The van der Waals surface area contributed by atoms with Crippen molar-refractivity contribution in [2.75, 3.05) is 0 Å². The summed E-state index contributed by atoms with van der Waals surface area (Å²) in [5, 5.41) is 10.8. The summed E-state index contributed by atoms with van der Waals surface area (Å²) in [7, 11) is 0. The molecule has 104 valence electrons. The minimum absolute atomic E-state index is 0.0931. The molecule has 0 saturated heterocycles. The van der Waals surface area contributed by atoms with Gasteiger partial charge in [-0.05, 0) is 50.7 Å². The van der Waals surface area contributed by atoms with Crippen LogP contribution in [0.2, 0.25) is 0 Å². The standard InChI is InChI=1S/C12H5BrF2INO3/c13-7-4-10(17(18)19)9(16)5-12(7)20-11-2-1-6(14)3-8(11)15/h1-5H. The van der Waals surface area contributed by atoms with Crippen molar-refractivity contribution in [1.29, 1.82) is 0 Å². The highest BCUT2D eigenvalue weighted by Gasteiger charge is 2.17. The summed E-state index contributed by atoms with van der Waals surface area (Å²) in [6.07, 6.45) is 0. The van der Waals surface area contributed by atoms with Crippen molar-refractivity contribution in [2.45, 2.75) is 0 Å². The van der Waals surface area contributed by atoms with Gasteiger partial charge in [0.05, 0.1) is 13.0 Å². The summed E-state index contributed by atoms with van der Waals surface area (Å²) >= 11 is 4.90. The molecule has 0 saturated carbocycles. The number of nitrogens with zero attached hydrogens (tertiary/aromatic N) is 1. The lowest BCUT2D eigenvalue weighted by Crippen LogP contribution is -1.95. The normalized spacial score (nSPS) is 10.4. The molecule has 0 amide bonds. The van der Waals surface area contributed by atoms with Gasteiger partial charge in [-0.3, -0.25) is 10.1 Å². The third-order valence-electron chi connectivity index (χ3n) is 2.31. The van der Waals surface area contributed by atoms with Gasteiger partial charge in [0, 0.05) is 18.2 Å². The molecule has 0 aliphatic carbocycles. The molecule has 0 N–H and O–H groups in total. The van der Waals surface area contributed by atoms with Gasteiger partial charge in [0.25, 0.3) is 5.69 Å². The molecule has 0 aliphatic rings. The fourth-order valence-electron chi connectivity index (χ4n) is 1.41. The number of nitro benzene ring substituents is 1. The largest absolute Gasteiger partial charge is 0.453 e. The van der Waals surface area contributed by atoms with Crippen LogP contribution in [0.25, 0.3) is 0 Å². The van der Waals surface area contributed by atoms with Crippen molar-refractivity contribution in [1.82, 2.24) is 0 Å². The lowest BCUT2D eigenvalue weighted by atomic mass is 10.3. The Morgan fingerprint density at radius 2 is 1.90 bits per heavy atom. The van der Waals surface area contributed by atoms with Crippen molar-refractivity contribution in [3.05, 3.63) is 60.1 Å². The monoisotopic (exact) mass is 455 g/mol. The first-order valence-corrected chi connectivity index (χ1v) is 7.02. The van der Waals surface area contributed by atoms with E-state index in [2.05, 4.69) is 15.9 Å². The van der Waals surface area contributed by atoms with E-state index in [1.165, 1.54) is 12.1 Å². The summed E-state index contributed by atoms with van der Waals surface area (Å²) in [6.45, 7) is 0. The van der Waals surface area contributed by atoms with Gasteiger partial charge >= 0.3 is 0 Å². The van der Waals surface area contributed by atoms with Gasteiger partial charge in [-0.2, -0.15) is 0 Å². The Labute approximate surface area is 134 Å². The topological polar surface area (TPSA) is 52.4 Å². The third kappa shape index (κ3) is 3.23. The Morgan fingerprint density at radius 1 is 1.20 bits per heavy atom. The summed E-state index contributed by atoms with van der Waals surface area (Å²) in [6, 6.07) is 5.55. The highest BCUT2D eigenvalue weighted by molar-refractivity contribution is 14.1. The number of benzene rings is 2. The molecule has 0 bridgehead atoms. The maximum Gasteiger partial charge on any atom is 0.284 e. The van der Waals surface area contributed by atoms with Gasteiger partial charge in [0.1, 0.15) is 11.6 Å². The molecule has 0 unspecified atom stereocenters. The fraction of sp³-hybridized carbons (Fsp3) is 0. The number of hydrogen-bond donors (Lipinski definition) is 0. The van der Waals surface area contributed by atoms with Crippen LogP contribution in [0.5, 0.6) is 11.5 Å². The quantitative estimate of drug-likeness (QED) is 0.370. The van der Waals surface area contributed by atoms with Crippen LogP contribution in [0, 0.1) is 25.3 Å². The van der Waals surface area contributed by atoms with Gasteiger partial charge in [-0.15, -0.1) is 0 Å². The van der Waals surface area contributed by atoms with E-state index < -0.39 is 16.6 Å². The van der Waals surface area contributed by atoms with Gasteiger partial charge in [-0.25, -0.2) is 8.78 Å². The molecule has 0 atom stereocenters. The van der Waals surface area contributed by atoms with E-state index >= 15 is 0 Å². The van der Waals surface area contributed by atoms with Crippen molar-refractivity contribution in [3.63, 3.8) is 0 Å². The molecule has 2 aromatic rings. The van der Waals surface area contributed by atoms with E-state index in [1.54, 1.807) is 22.6 Å². The fourth-order valence-corrected chi connectivity index (χ4v) is 2.46. The second kappa shape index (κ2) is 6.00. The first kappa shape index (κ1) is 15.1. The molecule has 8 heteroatoms. The van der Waals surface area contributed by atoms with Crippen molar-refractivity contribution in [3.8, 4) is 11.5 Å². The SMILES string of the molecule is O=[N+]([O-])c1cc(Br)c(Oc2ccc(F)cc2F)cc1I. The van der Waals surface area contributed by atoms with Crippen LogP contribution in [0.4, 0.5) is 14.5 Å². The van der Waals surface area contributed by atoms with Gasteiger partial charge in [0.15, 0.2) is 11.6 Å². The molecule has 0 aliphatic heterocycles. The summed E-state index contributed by atoms with van der Waals surface area (Å²) < 4.78 is 32.2. The van der Waals surface area contributed by atoms with Crippen LogP contribution < -0.4 is 4.74 Å². The van der Waals surface area contributed by atoms with E-state index in [4.69, 9.17) is 4.74 Å². The Hall–Kier alpha value is -1.29. The van der Waals surface area contributed by atoms with Gasteiger partial charge < -0.3 is 4.74 Å². The summed E-state index contributed by atoms with van der Waals surface area (Å²) in [5.74, 6) is -1.54. The number of halogens is 4. The lowest BCUT2D eigenvalue weighted by Gasteiger charge is -2.09.